The summed E-state index contributed by atoms with van der Waals surface area (Å²) in [5.41, 5.74) is 0.955. The second kappa shape index (κ2) is 10.9. The summed E-state index contributed by atoms with van der Waals surface area (Å²) in [6.45, 7) is 2.92. The van der Waals surface area contributed by atoms with Crippen LogP contribution in [0.1, 0.15) is 25.3 Å². The predicted octanol–water partition coefficient (Wildman–Crippen LogP) is 2.91. The first kappa shape index (κ1) is 25.5. The summed E-state index contributed by atoms with van der Waals surface area (Å²) in [4.78, 5) is 23.4. The van der Waals surface area contributed by atoms with Crippen LogP contribution in [0.25, 0.3) is 0 Å². The molecule has 0 radical (unpaired) electrons. The fourth-order valence-corrected chi connectivity index (χ4v) is 4.74. The van der Waals surface area contributed by atoms with Gasteiger partial charge in [0.25, 0.3) is 0 Å². The topological polar surface area (TPSA) is 128 Å². The van der Waals surface area contributed by atoms with Gasteiger partial charge in [0.2, 0.25) is 10.0 Å². The number of anilines is 2. The molecule has 0 saturated carbocycles. The lowest BCUT2D eigenvalue weighted by molar-refractivity contribution is -0.122. The van der Waals surface area contributed by atoms with Crippen LogP contribution in [0.15, 0.2) is 24.3 Å². The van der Waals surface area contributed by atoms with Crippen molar-refractivity contribution in [3.8, 4) is 6.01 Å². The van der Waals surface area contributed by atoms with E-state index in [1.165, 1.54) is 14.0 Å². The van der Waals surface area contributed by atoms with Gasteiger partial charge >= 0.3 is 6.01 Å². The molecule has 1 aromatic carbocycles. The maximum atomic E-state index is 12.7. The quantitative estimate of drug-likeness (QED) is 0.521. The number of sulfonamides is 1. The zero-order valence-corrected chi connectivity index (χ0v) is 20.8. The number of hydrogen-bond donors (Lipinski definition) is 2. The van der Waals surface area contributed by atoms with Gasteiger partial charge in [0, 0.05) is 41.7 Å². The average Bonchev–Trinajstić information content (AvgIpc) is 2.78. The first-order valence-electron chi connectivity index (χ1n) is 10.5. The van der Waals surface area contributed by atoms with Gasteiger partial charge in [-0.3, -0.25) is 4.79 Å². The van der Waals surface area contributed by atoms with Crippen LogP contribution in [-0.4, -0.2) is 56.2 Å². The number of nitrogens with one attached hydrogen (secondary N) is 1. The number of hydrogen-bond acceptors (Lipinski definition) is 8. The Kier molecular flexibility index (Phi) is 8.38. The molecule has 9 nitrogen and oxygen atoms in total. The van der Waals surface area contributed by atoms with Crippen molar-refractivity contribution >= 4 is 50.6 Å². The molecule has 1 aliphatic heterocycles. The smallest absolute Gasteiger partial charge is 0.320 e. The molecular weight excluding hydrogens is 489 g/mol. The minimum Gasteiger partial charge on any atom is -0.467 e. The van der Waals surface area contributed by atoms with Crippen molar-refractivity contribution in [1.29, 1.82) is 0 Å². The second-order valence-electron chi connectivity index (χ2n) is 7.93. The highest BCUT2D eigenvalue weighted by molar-refractivity contribution is 7.90. The highest BCUT2D eigenvalue weighted by atomic mass is 35.5. The van der Waals surface area contributed by atoms with Crippen LogP contribution in [0.2, 0.25) is 10.0 Å². The molecule has 3 N–H and O–H groups in total. The third kappa shape index (κ3) is 6.69. The second-order valence-corrected chi connectivity index (χ2v) is 10.7. The number of halogens is 2. The summed E-state index contributed by atoms with van der Waals surface area (Å²) < 4.78 is 28.5. The summed E-state index contributed by atoms with van der Waals surface area (Å²) in [6, 6.07) is 7.34. The largest absolute Gasteiger partial charge is 0.467 e. The monoisotopic (exact) mass is 515 g/mol. The Morgan fingerprint density at radius 3 is 2.76 bits per heavy atom. The van der Waals surface area contributed by atoms with Gasteiger partial charge in [0.15, 0.2) is 5.78 Å². The van der Waals surface area contributed by atoms with E-state index in [0.717, 1.165) is 12.0 Å². The van der Waals surface area contributed by atoms with Gasteiger partial charge < -0.3 is 15.0 Å². The lowest BCUT2D eigenvalue weighted by atomic mass is 9.92. The van der Waals surface area contributed by atoms with E-state index < -0.39 is 21.2 Å². The number of piperidine rings is 1. The zero-order chi connectivity index (χ0) is 24.2. The molecule has 0 aliphatic carbocycles. The number of ether oxygens (including phenoxy) is 1. The number of nitrogens with zero attached hydrogens (tertiary/aromatic N) is 3. The number of aromatic nitrogens is 2. The van der Waals surface area contributed by atoms with Crippen molar-refractivity contribution in [2.45, 2.75) is 31.4 Å². The number of benzene rings is 1. The van der Waals surface area contributed by atoms with Gasteiger partial charge in [-0.1, -0.05) is 29.3 Å². The summed E-state index contributed by atoms with van der Waals surface area (Å²) in [5.74, 6) is 0.334. The molecule has 0 amide bonds. The van der Waals surface area contributed by atoms with Gasteiger partial charge in [-0.05, 0) is 43.9 Å². The molecule has 1 fully saturated rings. The predicted molar refractivity (Wildman–Crippen MR) is 130 cm³/mol. The third-order valence-electron chi connectivity index (χ3n) is 5.63. The molecule has 2 unspecified atom stereocenters. The zero-order valence-electron chi connectivity index (χ0n) is 18.4. The maximum Gasteiger partial charge on any atom is 0.320 e. The molecule has 12 heteroatoms. The van der Waals surface area contributed by atoms with Gasteiger partial charge in [0.05, 0.1) is 7.11 Å². The van der Waals surface area contributed by atoms with E-state index >= 15 is 0 Å². The first-order valence-corrected chi connectivity index (χ1v) is 12.9. The van der Waals surface area contributed by atoms with E-state index in [-0.39, 0.29) is 11.8 Å². The van der Waals surface area contributed by atoms with Crippen LogP contribution in [0, 0.1) is 5.92 Å². The Morgan fingerprint density at radius 1 is 1.33 bits per heavy atom. The summed E-state index contributed by atoms with van der Waals surface area (Å²) >= 11 is 12.2. The van der Waals surface area contributed by atoms with E-state index in [2.05, 4.69) is 15.3 Å². The van der Waals surface area contributed by atoms with Gasteiger partial charge in [0.1, 0.15) is 16.9 Å². The Balaban J connectivity index is 1.71. The minimum absolute atomic E-state index is 0.186. The molecule has 1 aromatic heterocycles. The Morgan fingerprint density at radius 2 is 2.09 bits per heavy atom. The Bertz CT molecular complexity index is 1120. The molecule has 180 valence electrons. The number of carbonyl (C=O) groups is 1. The van der Waals surface area contributed by atoms with Crippen LogP contribution >= 0.6 is 23.2 Å². The van der Waals surface area contributed by atoms with Gasteiger partial charge in [-0.25, -0.2) is 13.6 Å². The van der Waals surface area contributed by atoms with E-state index in [1.54, 1.807) is 18.2 Å². The number of nitrogens with two attached hydrogens (primary N) is 1. The molecule has 1 saturated heterocycles. The molecule has 0 spiro atoms. The Hall–Kier alpha value is -2.14. The van der Waals surface area contributed by atoms with Gasteiger partial charge in [-0.2, -0.15) is 9.97 Å². The number of carbonyl (C=O) groups excluding carboxylic acids is 1. The molecule has 2 aromatic rings. The first-order chi connectivity index (χ1) is 15.6. The number of rotatable bonds is 9. The lowest BCUT2D eigenvalue weighted by Gasteiger charge is -2.33. The standard InChI is InChI=1S/C21H27Cl2N5O4S/c1-13(33(24,30)31)20(29)15-4-3-9-28(12-15)19-11-18(26-21(27-19)32-2)25-8-7-14-5-6-16(22)10-17(14)23/h5-6,10-11,13,15H,3-4,7-9,12H2,1-2H3,(H2,24,30,31)(H,25,26,27). The highest BCUT2D eigenvalue weighted by Crippen LogP contribution is 2.27. The molecule has 2 atom stereocenters. The van der Waals surface area contributed by atoms with E-state index in [4.69, 9.17) is 33.1 Å². The number of Topliss-reactive ketones (excluding diaryl/α,β-unsaturated/α-hetero) is 1. The van der Waals surface area contributed by atoms with Crippen molar-refractivity contribution in [2.75, 3.05) is 37.0 Å². The van der Waals surface area contributed by atoms with Crippen LogP contribution in [0.5, 0.6) is 6.01 Å². The number of primary sulfonamides is 1. The number of ketones is 1. The van der Waals surface area contributed by atoms with Crippen LogP contribution < -0.4 is 20.1 Å². The van der Waals surface area contributed by atoms with Crippen molar-refractivity contribution in [3.63, 3.8) is 0 Å². The molecule has 33 heavy (non-hydrogen) atoms. The normalized spacial score (nSPS) is 17.5. The van der Waals surface area contributed by atoms with Crippen LogP contribution in [0.3, 0.4) is 0 Å². The summed E-state index contributed by atoms with van der Waals surface area (Å²) in [7, 11) is -2.45. The van der Waals surface area contributed by atoms with E-state index in [9.17, 15) is 13.2 Å². The third-order valence-corrected chi connectivity index (χ3v) is 7.44. The number of methoxy groups -OCH3 is 1. The van der Waals surface area contributed by atoms with Crippen molar-refractivity contribution in [2.24, 2.45) is 11.1 Å². The maximum absolute atomic E-state index is 12.7. The molecule has 1 aliphatic rings. The summed E-state index contributed by atoms with van der Waals surface area (Å²) in [5, 5.41) is 8.37. The van der Waals surface area contributed by atoms with Crippen molar-refractivity contribution < 1.29 is 17.9 Å². The van der Waals surface area contributed by atoms with Crippen molar-refractivity contribution in [3.05, 3.63) is 39.9 Å². The van der Waals surface area contributed by atoms with Crippen molar-refractivity contribution in [1.82, 2.24) is 9.97 Å². The molecule has 2 heterocycles. The Labute approximate surface area is 203 Å². The fraction of sp³-hybridized carbons (Fsp3) is 0.476. The van der Waals surface area contributed by atoms with Gasteiger partial charge in [-0.15, -0.1) is 0 Å². The summed E-state index contributed by atoms with van der Waals surface area (Å²) in [6.07, 6.45) is 1.98. The highest BCUT2D eigenvalue weighted by Gasteiger charge is 2.34. The average molecular weight is 516 g/mol. The van der Waals surface area contributed by atoms with Crippen LogP contribution in [-0.2, 0) is 21.2 Å². The molecule has 3 rings (SSSR count). The van der Waals surface area contributed by atoms with Crippen LogP contribution in [0.4, 0.5) is 11.6 Å². The SMILES string of the molecule is COc1nc(NCCc2ccc(Cl)cc2Cl)cc(N2CCCC(C(=O)C(C)S(N)(=O)=O)C2)n1. The van der Waals surface area contributed by atoms with E-state index in [0.29, 0.717) is 54.2 Å². The fourth-order valence-electron chi connectivity index (χ4n) is 3.72. The minimum atomic E-state index is -3.93. The van der Waals surface area contributed by atoms with E-state index in [1.807, 2.05) is 11.0 Å². The lowest BCUT2D eigenvalue weighted by Crippen LogP contribution is -2.44. The molecular formula is C21H27Cl2N5O4S. The molecule has 0 bridgehead atoms.